The van der Waals surface area contributed by atoms with E-state index in [2.05, 4.69) is 19.9 Å². The van der Waals surface area contributed by atoms with E-state index in [1.807, 2.05) is 6.92 Å². The van der Waals surface area contributed by atoms with Crippen LogP contribution in [0, 0.1) is 0 Å². The molecule has 2 aromatic heterocycles. The van der Waals surface area contributed by atoms with Gasteiger partial charge in [-0.1, -0.05) is 13.3 Å². The SMILES string of the molecule is CCCc1cc(NS(=O)(=O)c2ccc(N)nc2)n[nH]1. The van der Waals surface area contributed by atoms with Crippen LogP contribution in [-0.2, 0) is 16.4 Å². The molecule has 4 N–H and O–H groups in total. The molecule has 102 valence electrons. The molecule has 0 fully saturated rings. The number of hydrogen-bond acceptors (Lipinski definition) is 5. The molecule has 0 atom stereocenters. The van der Waals surface area contributed by atoms with E-state index in [-0.39, 0.29) is 16.5 Å². The zero-order chi connectivity index (χ0) is 13.9. The van der Waals surface area contributed by atoms with Gasteiger partial charge in [0, 0.05) is 18.0 Å². The third-order valence-electron chi connectivity index (χ3n) is 2.46. The minimum atomic E-state index is -3.68. The lowest BCUT2D eigenvalue weighted by Gasteiger charge is -2.04. The second-order valence-electron chi connectivity index (χ2n) is 4.05. The van der Waals surface area contributed by atoms with Gasteiger partial charge in [-0.2, -0.15) is 5.10 Å². The molecular weight excluding hydrogens is 266 g/mol. The molecular formula is C11H15N5O2S. The molecule has 0 saturated carbocycles. The number of pyridine rings is 1. The topological polar surface area (TPSA) is 114 Å². The van der Waals surface area contributed by atoms with Crippen molar-refractivity contribution in [2.45, 2.75) is 24.7 Å². The maximum Gasteiger partial charge on any atom is 0.264 e. The molecule has 2 rings (SSSR count). The van der Waals surface area contributed by atoms with Gasteiger partial charge in [-0.15, -0.1) is 0 Å². The number of rotatable bonds is 5. The Morgan fingerprint density at radius 3 is 2.84 bits per heavy atom. The highest BCUT2D eigenvalue weighted by Gasteiger charge is 2.16. The summed E-state index contributed by atoms with van der Waals surface area (Å²) < 4.78 is 26.5. The molecule has 0 amide bonds. The molecule has 7 nitrogen and oxygen atoms in total. The number of nitrogen functional groups attached to an aromatic ring is 1. The molecule has 2 aromatic rings. The van der Waals surface area contributed by atoms with E-state index >= 15 is 0 Å². The summed E-state index contributed by atoms with van der Waals surface area (Å²) in [7, 11) is -3.68. The fraction of sp³-hybridized carbons (Fsp3) is 0.273. The number of sulfonamides is 1. The molecule has 0 aliphatic rings. The van der Waals surface area contributed by atoms with Gasteiger partial charge in [0.1, 0.15) is 10.7 Å². The molecule has 0 aromatic carbocycles. The summed E-state index contributed by atoms with van der Waals surface area (Å²) in [5, 5.41) is 6.68. The Kier molecular flexibility index (Phi) is 3.70. The molecule has 19 heavy (non-hydrogen) atoms. The lowest BCUT2D eigenvalue weighted by molar-refractivity contribution is 0.600. The highest BCUT2D eigenvalue weighted by Crippen LogP contribution is 2.15. The van der Waals surface area contributed by atoms with Crippen LogP contribution >= 0.6 is 0 Å². The maximum atomic E-state index is 12.0. The van der Waals surface area contributed by atoms with Gasteiger partial charge in [0.15, 0.2) is 5.82 Å². The zero-order valence-electron chi connectivity index (χ0n) is 10.4. The van der Waals surface area contributed by atoms with Gasteiger partial charge in [0.05, 0.1) is 0 Å². The van der Waals surface area contributed by atoms with E-state index in [1.165, 1.54) is 18.3 Å². The van der Waals surface area contributed by atoms with E-state index in [9.17, 15) is 8.42 Å². The van der Waals surface area contributed by atoms with E-state index < -0.39 is 10.0 Å². The van der Waals surface area contributed by atoms with Crippen LogP contribution in [0.25, 0.3) is 0 Å². The molecule has 0 saturated heterocycles. The Morgan fingerprint density at radius 2 is 2.21 bits per heavy atom. The third-order valence-corrected chi connectivity index (χ3v) is 3.80. The van der Waals surface area contributed by atoms with E-state index in [0.29, 0.717) is 0 Å². The lowest BCUT2D eigenvalue weighted by Crippen LogP contribution is -2.13. The number of anilines is 2. The number of aryl methyl sites for hydroxylation is 1. The van der Waals surface area contributed by atoms with Crippen molar-refractivity contribution in [2.24, 2.45) is 0 Å². The minimum absolute atomic E-state index is 0.0433. The molecule has 0 aliphatic carbocycles. The van der Waals surface area contributed by atoms with Gasteiger partial charge in [0.2, 0.25) is 0 Å². The van der Waals surface area contributed by atoms with Crippen molar-refractivity contribution in [3.8, 4) is 0 Å². The number of nitrogens with one attached hydrogen (secondary N) is 2. The number of hydrogen-bond donors (Lipinski definition) is 3. The highest BCUT2D eigenvalue weighted by molar-refractivity contribution is 7.92. The van der Waals surface area contributed by atoms with Crippen LogP contribution in [0.5, 0.6) is 0 Å². The second kappa shape index (κ2) is 5.27. The number of H-pyrrole nitrogens is 1. The Morgan fingerprint density at radius 1 is 1.42 bits per heavy atom. The van der Waals surface area contributed by atoms with Crippen LogP contribution in [0.1, 0.15) is 19.0 Å². The predicted molar refractivity (Wildman–Crippen MR) is 72.0 cm³/mol. The Balaban J connectivity index is 2.18. The third kappa shape index (κ3) is 3.22. The van der Waals surface area contributed by atoms with Crippen molar-refractivity contribution < 1.29 is 8.42 Å². The van der Waals surface area contributed by atoms with Gasteiger partial charge in [-0.3, -0.25) is 9.82 Å². The van der Waals surface area contributed by atoms with Gasteiger partial charge >= 0.3 is 0 Å². The minimum Gasteiger partial charge on any atom is -0.384 e. The summed E-state index contributed by atoms with van der Waals surface area (Å²) in [6, 6.07) is 4.50. The summed E-state index contributed by atoms with van der Waals surface area (Å²) in [5.41, 5.74) is 6.30. The Hall–Kier alpha value is -2.09. The van der Waals surface area contributed by atoms with E-state index in [1.54, 1.807) is 6.07 Å². The number of nitrogens with zero attached hydrogens (tertiary/aromatic N) is 2. The number of aromatic amines is 1. The summed E-state index contributed by atoms with van der Waals surface area (Å²) in [6.45, 7) is 2.03. The van der Waals surface area contributed by atoms with Crippen LogP contribution in [0.3, 0.4) is 0 Å². The molecule has 2 heterocycles. The summed E-state index contributed by atoms with van der Waals surface area (Å²) in [5.74, 6) is 0.532. The lowest BCUT2D eigenvalue weighted by atomic mass is 10.2. The van der Waals surface area contributed by atoms with Crippen LogP contribution in [0.15, 0.2) is 29.3 Å². The first kappa shape index (κ1) is 13.3. The summed E-state index contributed by atoms with van der Waals surface area (Å²) in [6.07, 6.45) is 2.98. The molecule has 0 aliphatic heterocycles. The zero-order valence-corrected chi connectivity index (χ0v) is 11.2. The van der Waals surface area contributed by atoms with E-state index in [4.69, 9.17) is 5.73 Å². The van der Waals surface area contributed by atoms with Gasteiger partial charge < -0.3 is 5.73 Å². The molecule has 8 heteroatoms. The highest BCUT2D eigenvalue weighted by atomic mass is 32.2. The van der Waals surface area contributed by atoms with Crippen LogP contribution in [-0.4, -0.2) is 23.6 Å². The second-order valence-corrected chi connectivity index (χ2v) is 5.74. The molecule has 0 bridgehead atoms. The molecule has 0 radical (unpaired) electrons. The molecule has 0 spiro atoms. The van der Waals surface area contributed by atoms with Gasteiger partial charge in [-0.25, -0.2) is 13.4 Å². The van der Waals surface area contributed by atoms with Gasteiger partial charge in [-0.05, 0) is 18.6 Å². The van der Waals surface area contributed by atoms with Crippen LogP contribution in [0.4, 0.5) is 11.6 Å². The maximum absolute atomic E-state index is 12.0. The normalized spacial score (nSPS) is 11.4. The Labute approximate surface area is 111 Å². The number of nitrogens with two attached hydrogens (primary N) is 1. The van der Waals surface area contributed by atoms with Crippen LogP contribution in [0.2, 0.25) is 0 Å². The monoisotopic (exact) mass is 281 g/mol. The van der Waals surface area contributed by atoms with Crippen LogP contribution < -0.4 is 10.5 Å². The summed E-state index contributed by atoms with van der Waals surface area (Å²) in [4.78, 5) is 3.80. The quantitative estimate of drug-likeness (QED) is 0.760. The van der Waals surface area contributed by atoms with Crippen molar-refractivity contribution in [3.05, 3.63) is 30.1 Å². The summed E-state index contributed by atoms with van der Waals surface area (Å²) >= 11 is 0. The number of aromatic nitrogens is 3. The fourth-order valence-electron chi connectivity index (χ4n) is 1.56. The average molecular weight is 281 g/mol. The molecule has 0 unspecified atom stereocenters. The van der Waals surface area contributed by atoms with Gasteiger partial charge in [0.25, 0.3) is 10.0 Å². The Bertz CT molecular complexity index is 648. The van der Waals surface area contributed by atoms with E-state index in [0.717, 1.165) is 18.5 Å². The van der Waals surface area contributed by atoms with Crippen molar-refractivity contribution in [2.75, 3.05) is 10.5 Å². The van der Waals surface area contributed by atoms with Crippen molar-refractivity contribution in [3.63, 3.8) is 0 Å². The first-order valence-corrected chi connectivity index (χ1v) is 7.28. The average Bonchev–Trinajstić information content (AvgIpc) is 2.77. The first-order chi connectivity index (χ1) is 9.01. The van der Waals surface area contributed by atoms with Crippen molar-refractivity contribution in [1.82, 2.24) is 15.2 Å². The van der Waals surface area contributed by atoms with Crippen molar-refractivity contribution >= 4 is 21.7 Å². The standard InChI is InChI=1S/C11H15N5O2S/c1-2-3-8-6-11(15-14-8)16-19(17,18)9-4-5-10(12)13-7-9/h4-7H,2-3H2,1H3,(H2,12,13)(H2,14,15,16). The van der Waals surface area contributed by atoms with Crippen molar-refractivity contribution in [1.29, 1.82) is 0 Å². The smallest absolute Gasteiger partial charge is 0.264 e. The predicted octanol–water partition coefficient (Wildman–Crippen LogP) is 1.14. The first-order valence-electron chi connectivity index (χ1n) is 5.80. The fourth-order valence-corrected chi connectivity index (χ4v) is 2.50. The largest absolute Gasteiger partial charge is 0.384 e.